The molecule has 2 aromatic carbocycles. The van der Waals surface area contributed by atoms with Gasteiger partial charge in [0.2, 0.25) is 5.91 Å². The van der Waals surface area contributed by atoms with E-state index in [1.54, 1.807) is 31.6 Å². The Balaban J connectivity index is 1.30. The minimum atomic E-state index is -1.18. The lowest BCUT2D eigenvalue weighted by Crippen LogP contribution is -2.35. The van der Waals surface area contributed by atoms with Gasteiger partial charge in [-0.15, -0.1) is 0 Å². The minimum absolute atomic E-state index is 0.00847. The van der Waals surface area contributed by atoms with Gasteiger partial charge in [0.1, 0.15) is 17.8 Å². The summed E-state index contributed by atoms with van der Waals surface area (Å²) in [6, 6.07) is 10.8. The number of carbonyl (C=O) groups is 3. The van der Waals surface area contributed by atoms with Gasteiger partial charge in [0.15, 0.2) is 0 Å². The van der Waals surface area contributed by atoms with Crippen LogP contribution in [0.5, 0.6) is 5.75 Å². The number of carbonyl (C=O) groups excluding carboxylic acids is 2. The maximum atomic E-state index is 13.0. The summed E-state index contributed by atoms with van der Waals surface area (Å²) >= 11 is 0. The van der Waals surface area contributed by atoms with E-state index in [2.05, 4.69) is 15.2 Å². The number of phenols is 1. The number of benzene rings is 2. The fraction of sp³-hybridized carbons (Fsp3) is 0.310. The lowest BCUT2D eigenvalue weighted by Gasteiger charge is -2.25. The number of fused-ring (bicyclic) bond motifs is 1. The van der Waals surface area contributed by atoms with Crippen molar-refractivity contribution >= 4 is 34.5 Å². The summed E-state index contributed by atoms with van der Waals surface area (Å²) in [5.41, 5.74) is 2.91. The zero-order valence-corrected chi connectivity index (χ0v) is 21.5. The van der Waals surface area contributed by atoms with Gasteiger partial charge in [0.25, 0.3) is 5.91 Å². The highest BCUT2D eigenvalue weighted by Gasteiger charge is 2.24. The number of carboxylic acid groups (broad SMARTS) is 1. The maximum Gasteiger partial charge on any atom is 0.335 e. The fourth-order valence-electron chi connectivity index (χ4n) is 5.15. The van der Waals surface area contributed by atoms with Crippen molar-refractivity contribution in [3.05, 3.63) is 66.1 Å². The largest absolute Gasteiger partial charge is 0.506 e. The summed E-state index contributed by atoms with van der Waals surface area (Å²) in [7, 11) is 0. The first-order valence-corrected chi connectivity index (χ1v) is 13.0. The molecular formula is C29H30N4O6. The van der Waals surface area contributed by atoms with Gasteiger partial charge in [0, 0.05) is 24.1 Å². The monoisotopic (exact) mass is 530 g/mol. The number of phenolic OH excluding ortho intramolecular Hbond substituents is 1. The third-order valence-corrected chi connectivity index (χ3v) is 7.06. The number of rotatable bonds is 8. The molecule has 4 N–H and O–H groups in total. The first kappa shape index (κ1) is 26.0. The third-order valence-electron chi connectivity index (χ3n) is 7.06. The minimum Gasteiger partial charge on any atom is -0.506 e. The van der Waals surface area contributed by atoms with Crippen LogP contribution >= 0.6 is 0 Å². The van der Waals surface area contributed by atoms with Crippen LogP contribution in [0.2, 0.25) is 0 Å². The summed E-state index contributed by atoms with van der Waals surface area (Å²) in [6.45, 7) is 1.69. The molecule has 1 aliphatic carbocycles. The van der Waals surface area contributed by atoms with Crippen LogP contribution < -0.4 is 10.6 Å². The second-order valence-electron chi connectivity index (χ2n) is 9.98. The Bertz CT molecular complexity index is 1520. The average molecular weight is 531 g/mol. The van der Waals surface area contributed by atoms with Crippen LogP contribution in [-0.2, 0) is 4.79 Å². The normalized spacial score (nSPS) is 14.7. The van der Waals surface area contributed by atoms with Crippen LogP contribution in [0.15, 0.2) is 59.4 Å². The van der Waals surface area contributed by atoms with Crippen LogP contribution in [0.25, 0.3) is 22.4 Å². The van der Waals surface area contributed by atoms with E-state index in [1.165, 1.54) is 37.5 Å². The molecule has 0 bridgehead atoms. The Labute approximate surface area is 224 Å². The number of amides is 2. The Morgan fingerprint density at radius 1 is 1.08 bits per heavy atom. The Morgan fingerprint density at radius 2 is 1.85 bits per heavy atom. The zero-order valence-electron chi connectivity index (χ0n) is 21.5. The standard InChI is InChI=1S/C29H30N4O6/c1-17(13-26(35)31-23-15-19(29(37)38)8-10-25(23)34)30-28(36)18-7-9-24-22(14-18)32-27(20-11-12-39-16-20)33(24)21-5-3-2-4-6-21/h7-12,14-17,21,34H,2-6,13H2,1H3,(H,30,36)(H,31,35)(H,37,38). The van der Waals surface area contributed by atoms with Crippen molar-refractivity contribution < 1.29 is 29.0 Å². The highest BCUT2D eigenvalue weighted by atomic mass is 16.4. The number of hydrogen-bond acceptors (Lipinski definition) is 6. The van der Waals surface area contributed by atoms with Crippen LogP contribution in [0.4, 0.5) is 5.69 Å². The van der Waals surface area contributed by atoms with E-state index in [1.807, 2.05) is 12.1 Å². The molecule has 1 unspecified atom stereocenters. The van der Waals surface area contributed by atoms with E-state index >= 15 is 0 Å². The van der Waals surface area contributed by atoms with Crippen LogP contribution in [-0.4, -0.2) is 43.6 Å². The van der Waals surface area contributed by atoms with Crippen molar-refractivity contribution in [1.29, 1.82) is 0 Å². The molecule has 0 spiro atoms. The summed E-state index contributed by atoms with van der Waals surface area (Å²) in [5.74, 6) is -1.43. The predicted octanol–water partition coefficient (Wildman–Crippen LogP) is 5.35. The van der Waals surface area contributed by atoms with E-state index in [4.69, 9.17) is 14.5 Å². The molecule has 2 heterocycles. The topological polar surface area (TPSA) is 147 Å². The molecule has 10 nitrogen and oxygen atoms in total. The molecule has 5 rings (SSSR count). The summed E-state index contributed by atoms with van der Waals surface area (Å²) in [4.78, 5) is 41.6. The molecule has 2 amide bonds. The van der Waals surface area contributed by atoms with Gasteiger partial charge >= 0.3 is 5.97 Å². The van der Waals surface area contributed by atoms with E-state index in [-0.39, 0.29) is 29.3 Å². The van der Waals surface area contributed by atoms with Gasteiger partial charge in [-0.25, -0.2) is 9.78 Å². The molecule has 2 aromatic heterocycles. The number of furan rings is 1. The number of hydrogen-bond donors (Lipinski definition) is 4. The summed E-state index contributed by atoms with van der Waals surface area (Å²) < 4.78 is 7.58. The molecule has 10 heteroatoms. The van der Waals surface area contributed by atoms with E-state index in [0.717, 1.165) is 29.7 Å². The average Bonchev–Trinajstić information content (AvgIpc) is 3.58. The second-order valence-corrected chi connectivity index (χ2v) is 9.98. The molecule has 0 aliphatic heterocycles. The number of nitrogens with zero attached hydrogens (tertiary/aromatic N) is 2. The van der Waals surface area contributed by atoms with E-state index in [9.17, 15) is 19.5 Å². The first-order valence-electron chi connectivity index (χ1n) is 13.0. The van der Waals surface area contributed by atoms with Crippen LogP contribution in [0.1, 0.15) is 72.2 Å². The number of nitrogens with one attached hydrogen (secondary N) is 2. The molecule has 39 heavy (non-hydrogen) atoms. The molecule has 1 saturated carbocycles. The molecule has 1 fully saturated rings. The number of aromatic carboxylic acids is 1. The second kappa shape index (κ2) is 11.0. The first-order chi connectivity index (χ1) is 18.8. The van der Waals surface area contributed by atoms with E-state index < -0.39 is 17.9 Å². The van der Waals surface area contributed by atoms with Crippen molar-refractivity contribution in [3.63, 3.8) is 0 Å². The maximum absolute atomic E-state index is 13.0. The van der Waals surface area contributed by atoms with Crippen molar-refractivity contribution in [1.82, 2.24) is 14.9 Å². The Kier molecular flexibility index (Phi) is 7.36. The fourth-order valence-corrected chi connectivity index (χ4v) is 5.15. The van der Waals surface area contributed by atoms with E-state index in [0.29, 0.717) is 17.1 Å². The van der Waals surface area contributed by atoms with Crippen LogP contribution in [0, 0.1) is 0 Å². The molecule has 0 saturated heterocycles. The predicted molar refractivity (Wildman–Crippen MR) is 145 cm³/mol. The van der Waals surface area contributed by atoms with Gasteiger partial charge in [-0.2, -0.15) is 0 Å². The highest BCUT2D eigenvalue weighted by molar-refractivity contribution is 5.99. The van der Waals surface area contributed by atoms with Crippen molar-refractivity contribution in [2.45, 2.75) is 57.5 Å². The van der Waals surface area contributed by atoms with Crippen molar-refractivity contribution in [2.75, 3.05) is 5.32 Å². The van der Waals surface area contributed by atoms with Crippen molar-refractivity contribution in [3.8, 4) is 17.1 Å². The van der Waals surface area contributed by atoms with Gasteiger partial charge in [0.05, 0.1) is 34.1 Å². The highest BCUT2D eigenvalue weighted by Crippen LogP contribution is 2.36. The molecule has 202 valence electrons. The molecule has 1 aliphatic rings. The number of aromatic nitrogens is 2. The zero-order chi connectivity index (χ0) is 27.5. The van der Waals surface area contributed by atoms with Crippen molar-refractivity contribution in [2.24, 2.45) is 0 Å². The number of anilines is 1. The third kappa shape index (κ3) is 5.64. The quantitative estimate of drug-likeness (QED) is 0.225. The smallest absolute Gasteiger partial charge is 0.335 e. The number of aromatic hydroxyl groups is 1. The van der Waals surface area contributed by atoms with Gasteiger partial charge in [-0.05, 0) is 62.2 Å². The molecular weight excluding hydrogens is 500 g/mol. The van der Waals surface area contributed by atoms with Gasteiger partial charge < -0.3 is 29.8 Å². The molecule has 0 radical (unpaired) electrons. The van der Waals surface area contributed by atoms with Crippen LogP contribution in [0.3, 0.4) is 0 Å². The van der Waals surface area contributed by atoms with Gasteiger partial charge in [-0.3, -0.25) is 9.59 Å². The SMILES string of the molecule is CC(CC(=O)Nc1cc(C(=O)O)ccc1O)NC(=O)c1ccc2c(c1)nc(-c1ccoc1)n2C1CCCCC1. The lowest BCUT2D eigenvalue weighted by molar-refractivity contribution is -0.116. The van der Waals surface area contributed by atoms with Gasteiger partial charge in [-0.1, -0.05) is 19.3 Å². The summed E-state index contributed by atoms with van der Waals surface area (Å²) in [5, 5.41) is 24.4. The Morgan fingerprint density at radius 3 is 2.56 bits per heavy atom. The number of imidazole rings is 1. The molecule has 1 atom stereocenters. The number of carboxylic acids is 1. The molecule has 4 aromatic rings. The Hall–Kier alpha value is -4.60. The lowest BCUT2D eigenvalue weighted by atomic mass is 9.95. The summed E-state index contributed by atoms with van der Waals surface area (Å²) in [6.07, 6.45) is 8.97.